The van der Waals surface area contributed by atoms with Crippen molar-refractivity contribution in [2.45, 2.75) is 43.7 Å². The van der Waals surface area contributed by atoms with Crippen LogP contribution in [0, 0.1) is 0 Å². The zero-order valence-corrected chi connectivity index (χ0v) is 16.7. The number of rotatable bonds is 4. The maximum atomic E-state index is 8.47. The number of aromatic nitrogens is 6. The predicted octanol–water partition coefficient (Wildman–Crippen LogP) is 2.96. The lowest BCUT2D eigenvalue weighted by molar-refractivity contribution is -0.165. The summed E-state index contributed by atoms with van der Waals surface area (Å²) in [6, 6.07) is 2.04. The molecule has 1 N–H and O–H groups in total. The minimum Gasteiger partial charge on any atom is -0.479 e. The van der Waals surface area contributed by atoms with Gasteiger partial charge in [0.25, 0.3) is 0 Å². The molecule has 0 radical (unpaired) electrons. The van der Waals surface area contributed by atoms with Gasteiger partial charge in [0, 0.05) is 48.1 Å². The predicted molar refractivity (Wildman–Crippen MR) is 111 cm³/mol. The van der Waals surface area contributed by atoms with Crippen molar-refractivity contribution in [3.05, 3.63) is 37.0 Å². The minimum atomic E-state index is 0.120. The molecule has 1 saturated carbocycles. The molecule has 0 aromatic carbocycles. The maximum absolute atomic E-state index is 8.47. The number of nitrogens with one attached hydrogen (secondary N) is 1. The molecule has 9 heteroatoms. The fourth-order valence-electron chi connectivity index (χ4n) is 4.56. The van der Waals surface area contributed by atoms with Crippen LogP contribution in [0.3, 0.4) is 0 Å². The second-order valence-electron chi connectivity index (χ2n) is 8.07. The third-order valence-electron chi connectivity index (χ3n) is 6.35. The molecule has 1 aliphatic heterocycles. The number of imidazole rings is 1. The molecular formula is C21H23N7O2. The van der Waals surface area contributed by atoms with E-state index in [0.717, 1.165) is 43.4 Å². The van der Waals surface area contributed by atoms with Crippen molar-refractivity contribution in [1.82, 2.24) is 29.0 Å². The number of ether oxygens (including phenoxy) is 2. The Morgan fingerprint density at radius 1 is 1.30 bits per heavy atom. The third-order valence-corrected chi connectivity index (χ3v) is 6.35. The third kappa shape index (κ3) is 2.80. The number of nitrogens with zero attached hydrogens (tertiary/aromatic N) is 6. The van der Waals surface area contributed by atoms with Gasteiger partial charge in [0.15, 0.2) is 0 Å². The average molecular weight is 406 g/mol. The first kappa shape index (κ1) is 16.6. The van der Waals surface area contributed by atoms with Gasteiger partial charge in [0.1, 0.15) is 5.52 Å². The molecule has 2 aliphatic rings. The van der Waals surface area contributed by atoms with Crippen molar-refractivity contribution in [2.75, 3.05) is 19.0 Å². The zero-order chi connectivity index (χ0) is 21.0. The highest BCUT2D eigenvalue weighted by atomic mass is 16.5. The van der Waals surface area contributed by atoms with Crippen LogP contribution in [0.5, 0.6) is 5.88 Å². The standard InChI is InChI=1S/C21H23N7O2/c1-29-18-17-16(14-12-23-20-22-8-10-27(20)13-14)4-9-28(17)26-19(25-18)24-15-2-5-21(6-3-15)7-11-30-21/h4,8-10,12-13,15H,2-3,5-7,11H2,1H3,(H,24,26)/i9D. The molecule has 4 aromatic rings. The zero-order valence-electron chi connectivity index (χ0n) is 17.7. The first-order valence-corrected chi connectivity index (χ1v) is 10.3. The molecule has 0 atom stereocenters. The SMILES string of the molecule is [2H]c1cc(-c2cnc3nccn3c2)c2c(OC)nc(NC3CCC4(CCO4)CC3)nn12. The van der Waals surface area contributed by atoms with Gasteiger partial charge in [-0.25, -0.2) is 14.5 Å². The smallest absolute Gasteiger partial charge is 0.244 e. The summed E-state index contributed by atoms with van der Waals surface area (Å²) >= 11 is 0. The molecule has 0 amide bonds. The lowest BCUT2D eigenvalue weighted by Crippen LogP contribution is -2.48. The van der Waals surface area contributed by atoms with E-state index in [-0.39, 0.29) is 17.8 Å². The molecule has 154 valence electrons. The van der Waals surface area contributed by atoms with Crippen molar-refractivity contribution in [3.8, 4) is 17.0 Å². The van der Waals surface area contributed by atoms with Crippen molar-refractivity contribution in [3.63, 3.8) is 0 Å². The van der Waals surface area contributed by atoms with E-state index in [9.17, 15) is 0 Å². The summed E-state index contributed by atoms with van der Waals surface area (Å²) in [6.07, 6.45) is 12.8. The molecule has 5 heterocycles. The molecule has 30 heavy (non-hydrogen) atoms. The number of methoxy groups -OCH3 is 1. The van der Waals surface area contributed by atoms with E-state index in [2.05, 4.69) is 25.4 Å². The molecule has 1 aliphatic carbocycles. The Hall–Kier alpha value is -3.20. The van der Waals surface area contributed by atoms with Crippen LogP contribution >= 0.6 is 0 Å². The summed E-state index contributed by atoms with van der Waals surface area (Å²) in [6.45, 7) is 0.889. The van der Waals surface area contributed by atoms with Gasteiger partial charge in [0.05, 0.1) is 20.7 Å². The Labute approximate surface area is 174 Å². The van der Waals surface area contributed by atoms with Gasteiger partial charge < -0.3 is 14.8 Å². The Kier molecular flexibility index (Phi) is 3.68. The van der Waals surface area contributed by atoms with E-state index in [4.69, 9.17) is 10.8 Å². The monoisotopic (exact) mass is 406 g/mol. The van der Waals surface area contributed by atoms with Gasteiger partial charge >= 0.3 is 0 Å². The van der Waals surface area contributed by atoms with Crippen molar-refractivity contribution in [1.29, 1.82) is 0 Å². The van der Waals surface area contributed by atoms with Crippen LogP contribution in [0.2, 0.25) is 0 Å². The van der Waals surface area contributed by atoms with Gasteiger partial charge in [-0.05, 0) is 38.2 Å². The van der Waals surface area contributed by atoms with Crippen molar-refractivity contribution < 1.29 is 10.8 Å². The largest absolute Gasteiger partial charge is 0.479 e. The normalized spacial score (nSPS) is 24.2. The quantitative estimate of drug-likeness (QED) is 0.557. The van der Waals surface area contributed by atoms with E-state index in [0.29, 0.717) is 23.1 Å². The molecule has 9 nitrogen and oxygen atoms in total. The van der Waals surface area contributed by atoms with Crippen LogP contribution < -0.4 is 10.1 Å². The summed E-state index contributed by atoms with van der Waals surface area (Å²) in [5.74, 6) is 1.51. The van der Waals surface area contributed by atoms with Gasteiger partial charge in [-0.2, -0.15) is 4.98 Å². The van der Waals surface area contributed by atoms with E-state index >= 15 is 0 Å². The molecule has 6 rings (SSSR count). The van der Waals surface area contributed by atoms with Crippen LogP contribution in [0.25, 0.3) is 22.4 Å². The Morgan fingerprint density at radius 3 is 2.93 bits per heavy atom. The van der Waals surface area contributed by atoms with Crippen LogP contribution in [0.1, 0.15) is 33.5 Å². The molecule has 4 aromatic heterocycles. The number of fused-ring (bicyclic) bond motifs is 2. The second kappa shape index (κ2) is 6.66. The Balaban J connectivity index is 1.35. The maximum Gasteiger partial charge on any atom is 0.244 e. The summed E-state index contributed by atoms with van der Waals surface area (Å²) in [4.78, 5) is 13.2. The Morgan fingerprint density at radius 2 is 2.17 bits per heavy atom. The summed E-state index contributed by atoms with van der Waals surface area (Å²) < 4.78 is 23.3. The fourth-order valence-corrected chi connectivity index (χ4v) is 4.56. The first-order valence-electron chi connectivity index (χ1n) is 10.8. The Bertz CT molecular complexity index is 1270. The fraction of sp³-hybridized carbons (Fsp3) is 0.429. The number of hydrogen-bond acceptors (Lipinski definition) is 7. The lowest BCUT2D eigenvalue weighted by Gasteiger charge is -2.46. The molecule has 1 saturated heterocycles. The number of hydrogen-bond donors (Lipinski definition) is 1. The van der Waals surface area contributed by atoms with E-state index in [1.165, 1.54) is 6.42 Å². The highest BCUT2D eigenvalue weighted by Gasteiger charge is 2.41. The summed E-state index contributed by atoms with van der Waals surface area (Å²) in [5, 5.41) is 8.05. The van der Waals surface area contributed by atoms with Gasteiger partial charge in [-0.15, -0.1) is 5.10 Å². The van der Waals surface area contributed by atoms with Crippen molar-refractivity contribution >= 4 is 17.2 Å². The molecule has 2 fully saturated rings. The topological polar surface area (TPSA) is 90.9 Å². The minimum absolute atomic E-state index is 0.120. The van der Waals surface area contributed by atoms with Gasteiger partial charge in [0.2, 0.25) is 17.6 Å². The molecule has 0 unspecified atom stereocenters. The first-order chi connectivity index (χ1) is 15.1. The summed E-state index contributed by atoms with van der Waals surface area (Å²) in [5.41, 5.74) is 2.39. The number of anilines is 1. The highest BCUT2D eigenvalue weighted by molar-refractivity contribution is 5.84. The van der Waals surface area contributed by atoms with E-state index < -0.39 is 0 Å². The molecular weight excluding hydrogens is 382 g/mol. The van der Waals surface area contributed by atoms with Crippen LogP contribution in [-0.4, -0.2) is 54.3 Å². The average Bonchev–Trinajstić information content (AvgIpc) is 3.37. The van der Waals surface area contributed by atoms with Crippen LogP contribution in [0.4, 0.5) is 5.95 Å². The van der Waals surface area contributed by atoms with E-state index in [1.807, 2.05) is 16.8 Å². The lowest BCUT2D eigenvalue weighted by atomic mass is 9.77. The van der Waals surface area contributed by atoms with E-state index in [1.54, 1.807) is 30.1 Å². The van der Waals surface area contributed by atoms with Crippen molar-refractivity contribution in [2.24, 2.45) is 0 Å². The van der Waals surface area contributed by atoms with Crippen LogP contribution in [-0.2, 0) is 4.74 Å². The molecule has 1 spiro atoms. The highest BCUT2D eigenvalue weighted by Crippen LogP contribution is 2.41. The summed E-state index contributed by atoms with van der Waals surface area (Å²) in [7, 11) is 1.59. The van der Waals surface area contributed by atoms with Gasteiger partial charge in [-0.1, -0.05) is 0 Å². The van der Waals surface area contributed by atoms with Crippen LogP contribution in [0.15, 0.2) is 37.0 Å². The van der Waals surface area contributed by atoms with Gasteiger partial charge in [-0.3, -0.25) is 4.40 Å². The molecule has 0 bridgehead atoms. The second-order valence-corrected chi connectivity index (χ2v) is 8.07.